The molecule has 0 unspecified atom stereocenters. The van der Waals surface area contributed by atoms with Crippen molar-refractivity contribution in [2.45, 2.75) is 0 Å². The van der Waals surface area contributed by atoms with E-state index in [9.17, 15) is 20.1 Å². The van der Waals surface area contributed by atoms with E-state index in [2.05, 4.69) is 20.4 Å². The van der Waals surface area contributed by atoms with Crippen LogP contribution in [0.1, 0.15) is 5.56 Å². The van der Waals surface area contributed by atoms with Gasteiger partial charge in [0.1, 0.15) is 18.2 Å². The van der Waals surface area contributed by atoms with Gasteiger partial charge in [-0.1, -0.05) is 12.1 Å². The quantitative estimate of drug-likeness (QED) is 0.166. The topological polar surface area (TPSA) is 141 Å². The van der Waals surface area contributed by atoms with Gasteiger partial charge in [-0.2, -0.15) is 9.83 Å². The third-order valence-electron chi connectivity index (χ3n) is 5.24. The van der Waals surface area contributed by atoms with Crippen LogP contribution < -0.4 is 5.32 Å². The molecule has 0 atom stereocenters. The van der Waals surface area contributed by atoms with E-state index in [4.69, 9.17) is 0 Å². The number of carbonyl (C=O) groups is 1. The largest absolute Gasteiger partial charge is 0.426 e. The Morgan fingerprint density at radius 1 is 1.06 bits per heavy atom. The molecule has 5 rings (SSSR count). The third-order valence-corrected chi connectivity index (χ3v) is 5.24. The first-order valence-electron chi connectivity index (χ1n) is 10.4. The fourth-order valence-corrected chi connectivity index (χ4v) is 3.49. The number of fused-ring (bicyclic) bond motifs is 1. The van der Waals surface area contributed by atoms with E-state index in [1.54, 1.807) is 41.4 Å². The average Bonchev–Trinajstić information content (AvgIpc) is 3.52. The smallest absolute Gasteiger partial charge is 0.271 e. The molecule has 11 heteroatoms. The molecule has 1 amide bonds. The molecule has 5 aromatic rings. The zero-order chi connectivity index (χ0) is 24.4. The van der Waals surface area contributed by atoms with Crippen LogP contribution in [0.5, 0.6) is 0 Å². The van der Waals surface area contributed by atoms with E-state index in [0.29, 0.717) is 16.8 Å². The van der Waals surface area contributed by atoms with Crippen LogP contribution in [0, 0.1) is 10.1 Å². The number of aromatic nitrogens is 5. The first-order chi connectivity index (χ1) is 17.0. The fraction of sp³-hybridized carbons (Fsp3) is 0. The number of hydrogen-bond donors (Lipinski definition) is 2. The predicted octanol–water partition coefficient (Wildman–Crippen LogP) is 4.08. The van der Waals surface area contributed by atoms with Gasteiger partial charge in [0.2, 0.25) is 5.91 Å². The van der Waals surface area contributed by atoms with Crippen molar-refractivity contribution < 1.29 is 14.9 Å². The first kappa shape index (κ1) is 21.5. The summed E-state index contributed by atoms with van der Waals surface area (Å²) in [6, 6.07) is 18.3. The van der Waals surface area contributed by atoms with Gasteiger partial charge in [0.15, 0.2) is 5.82 Å². The summed E-state index contributed by atoms with van der Waals surface area (Å²) in [4.78, 5) is 31.0. The van der Waals surface area contributed by atoms with Gasteiger partial charge in [0.25, 0.3) is 5.69 Å². The molecule has 35 heavy (non-hydrogen) atoms. The van der Waals surface area contributed by atoms with Gasteiger partial charge in [0.05, 0.1) is 16.1 Å². The second-order valence-corrected chi connectivity index (χ2v) is 7.51. The van der Waals surface area contributed by atoms with Crippen LogP contribution in [0.3, 0.4) is 0 Å². The highest BCUT2D eigenvalue weighted by molar-refractivity contribution is 6.02. The summed E-state index contributed by atoms with van der Waals surface area (Å²) in [6.45, 7) is 0. The highest BCUT2D eigenvalue weighted by Gasteiger charge is 2.15. The third kappa shape index (κ3) is 4.46. The molecule has 0 spiro atoms. The number of amides is 1. The van der Waals surface area contributed by atoms with Crippen molar-refractivity contribution in [3.63, 3.8) is 0 Å². The van der Waals surface area contributed by atoms with Crippen molar-refractivity contribution in [3.8, 4) is 17.1 Å². The SMILES string of the molecule is O=C(C=Cc1ccc(-n2cncn2)cc1)Nc1ccc(-c2nc3ccc([N+](=O)[O-])cc3n2O)cc1. The molecule has 2 heterocycles. The molecule has 2 aromatic heterocycles. The molecule has 2 N–H and O–H groups in total. The zero-order valence-corrected chi connectivity index (χ0v) is 18.0. The molecule has 0 aliphatic rings. The monoisotopic (exact) mass is 467 g/mol. The Bertz CT molecular complexity index is 1550. The Kier molecular flexibility index (Phi) is 5.47. The van der Waals surface area contributed by atoms with Crippen molar-refractivity contribution in [1.82, 2.24) is 24.5 Å². The van der Waals surface area contributed by atoms with Crippen molar-refractivity contribution in [2.24, 2.45) is 0 Å². The Morgan fingerprint density at radius 2 is 1.83 bits per heavy atom. The second kappa shape index (κ2) is 8.90. The lowest BCUT2D eigenvalue weighted by Gasteiger charge is -2.05. The summed E-state index contributed by atoms with van der Waals surface area (Å²) >= 11 is 0. The lowest BCUT2D eigenvalue weighted by Crippen LogP contribution is -2.07. The van der Waals surface area contributed by atoms with Gasteiger partial charge < -0.3 is 10.5 Å². The number of benzene rings is 3. The van der Waals surface area contributed by atoms with Crippen molar-refractivity contribution in [3.05, 3.63) is 101 Å². The maximum Gasteiger partial charge on any atom is 0.271 e. The highest BCUT2D eigenvalue weighted by atomic mass is 16.6. The summed E-state index contributed by atoms with van der Waals surface area (Å²) in [5.74, 6) is -0.0765. The standard InChI is InChI=1S/C24H17N7O4/c32-23(12-3-16-1-8-19(9-2-16)29-15-25-14-26-29)27-18-6-4-17(5-7-18)24-28-21-11-10-20(31(34)35)13-22(21)30(24)33/h1-15,33H,(H,27,32). The number of rotatable bonds is 6. The molecular weight excluding hydrogens is 450 g/mol. The van der Waals surface area contributed by atoms with E-state index in [0.717, 1.165) is 16.0 Å². The number of nitrogens with zero attached hydrogens (tertiary/aromatic N) is 6. The van der Waals surface area contributed by atoms with Gasteiger partial charge in [-0.3, -0.25) is 14.9 Å². The van der Waals surface area contributed by atoms with E-state index in [1.807, 2.05) is 24.3 Å². The number of non-ortho nitro benzene ring substituents is 1. The number of nitrogens with one attached hydrogen (secondary N) is 1. The molecule has 0 fully saturated rings. The lowest BCUT2D eigenvalue weighted by atomic mass is 10.2. The minimum absolute atomic E-state index is 0.142. The van der Waals surface area contributed by atoms with Crippen LogP contribution in [0.2, 0.25) is 0 Å². The molecule has 0 bridgehead atoms. The van der Waals surface area contributed by atoms with E-state index in [-0.39, 0.29) is 22.9 Å². The van der Waals surface area contributed by atoms with Crippen molar-refractivity contribution in [1.29, 1.82) is 0 Å². The number of nitro groups is 1. The van der Waals surface area contributed by atoms with Gasteiger partial charge in [-0.15, -0.1) is 0 Å². The fourth-order valence-electron chi connectivity index (χ4n) is 3.49. The molecule has 11 nitrogen and oxygen atoms in total. The highest BCUT2D eigenvalue weighted by Crippen LogP contribution is 2.27. The van der Waals surface area contributed by atoms with Crippen LogP contribution in [0.4, 0.5) is 11.4 Å². The van der Waals surface area contributed by atoms with Gasteiger partial charge in [0, 0.05) is 29.5 Å². The number of imidazole rings is 1. The maximum atomic E-state index is 12.3. The molecule has 0 saturated heterocycles. The molecule has 0 aliphatic heterocycles. The first-order valence-corrected chi connectivity index (χ1v) is 10.4. The number of anilines is 1. The van der Waals surface area contributed by atoms with Crippen LogP contribution in [0.15, 0.2) is 85.5 Å². The maximum absolute atomic E-state index is 12.3. The normalized spacial score (nSPS) is 11.2. The van der Waals surface area contributed by atoms with E-state index >= 15 is 0 Å². The Hall–Kier alpha value is -5.32. The Morgan fingerprint density at radius 3 is 2.51 bits per heavy atom. The number of carbonyl (C=O) groups excluding carboxylic acids is 1. The van der Waals surface area contributed by atoms with Crippen molar-refractivity contribution in [2.75, 3.05) is 5.32 Å². The summed E-state index contributed by atoms with van der Waals surface area (Å²) < 4.78 is 2.45. The van der Waals surface area contributed by atoms with Gasteiger partial charge in [-0.05, 0) is 54.1 Å². The molecule has 0 aliphatic carbocycles. The average molecular weight is 467 g/mol. The number of hydrogen-bond acceptors (Lipinski definition) is 7. The van der Waals surface area contributed by atoms with Crippen LogP contribution in [0.25, 0.3) is 34.2 Å². The summed E-state index contributed by atoms with van der Waals surface area (Å²) in [6.07, 6.45) is 6.19. The van der Waals surface area contributed by atoms with Crippen LogP contribution >= 0.6 is 0 Å². The molecule has 3 aromatic carbocycles. The summed E-state index contributed by atoms with van der Waals surface area (Å²) in [5, 5.41) is 28.3. The minimum Gasteiger partial charge on any atom is -0.426 e. The molecule has 172 valence electrons. The van der Waals surface area contributed by atoms with Crippen LogP contribution in [-0.2, 0) is 4.79 Å². The second-order valence-electron chi connectivity index (χ2n) is 7.51. The Labute approximate surface area is 197 Å². The van der Waals surface area contributed by atoms with E-state index in [1.165, 1.54) is 30.6 Å². The molecule has 0 saturated carbocycles. The summed E-state index contributed by atoms with van der Waals surface area (Å²) in [5.41, 5.74) is 3.35. The van der Waals surface area contributed by atoms with Gasteiger partial charge in [-0.25, -0.2) is 14.6 Å². The molecular formula is C24H17N7O4. The summed E-state index contributed by atoms with van der Waals surface area (Å²) in [7, 11) is 0. The van der Waals surface area contributed by atoms with Gasteiger partial charge >= 0.3 is 0 Å². The Balaban J connectivity index is 1.26. The number of nitro benzene ring substituents is 1. The van der Waals surface area contributed by atoms with Crippen LogP contribution in [-0.4, -0.2) is 40.5 Å². The zero-order valence-electron chi connectivity index (χ0n) is 18.0. The minimum atomic E-state index is -0.536. The predicted molar refractivity (Wildman–Crippen MR) is 128 cm³/mol. The van der Waals surface area contributed by atoms with Crippen molar-refractivity contribution >= 4 is 34.4 Å². The lowest BCUT2D eigenvalue weighted by molar-refractivity contribution is -0.384. The van der Waals surface area contributed by atoms with E-state index < -0.39 is 4.92 Å². The molecule has 0 radical (unpaired) electrons.